The quantitative estimate of drug-likeness (QED) is 0.461. The van der Waals surface area contributed by atoms with Gasteiger partial charge >= 0.3 is 15.6 Å². The zero-order valence-electron chi connectivity index (χ0n) is 10.6. The van der Waals surface area contributed by atoms with Crippen molar-refractivity contribution in [3.05, 3.63) is 18.7 Å². The van der Waals surface area contributed by atoms with Gasteiger partial charge < -0.3 is 4.55 Å². The minimum absolute atomic E-state index is 0.404. The van der Waals surface area contributed by atoms with Crippen LogP contribution in [0.4, 0.5) is 13.2 Å². The molecule has 0 aliphatic rings. The highest BCUT2D eigenvalue weighted by atomic mass is 32.2. The molecule has 1 unspecified atom stereocenters. The normalized spacial score (nSPS) is 14.2. The minimum atomic E-state index is -6.09. The van der Waals surface area contributed by atoms with Crippen LogP contribution in [-0.4, -0.2) is 36.4 Å². The van der Waals surface area contributed by atoms with Gasteiger partial charge in [-0.3, -0.25) is 9.54 Å². The number of alkyl halides is 3. The second kappa shape index (κ2) is 7.20. The van der Waals surface area contributed by atoms with Crippen molar-refractivity contribution in [3.8, 4) is 0 Å². The SMILES string of the molecule is CCCC([n+]1cc[nH]c1)S(=O)(=O)O.O=S(=O)([O-])C(F)(F)F. The van der Waals surface area contributed by atoms with E-state index in [1.54, 1.807) is 12.4 Å². The van der Waals surface area contributed by atoms with Crippen molar-refractivity contribution in [2.45, 2.75) is 30.6 Å². The molecule has 8 nitrogen and oxygen atoms in total. The highest BCUT2D eigenvalue weighted by molar-refractivity contribution is 7.86. The van der Waals surface area contributed by atoms with Gasteiger partial charge in [0.1, 0.15) is 12.4 Å². The van der Waals surface area contributed by atoms with Gasteiger partial charge in [0.05, 0.1) is 0 Å². The first-order valence-corrected chi connectivity index (χ1v) is 8.23. The van der Waals surface area contributed by atoms with Gasteiger partial charge in [-0.05, 0) is 0 Å². The summed E-state index contributed by atoms with van der Waals surface area (Å²) in [6.07, 6.45) is 5.79. The van der Waals surface area contributed by atoms with E-state index in [9.17, 15) is 21.6 Å². The van der Waals surface area contributed by atoms with E-state index >= 15 is 0 Å². The van der Waals surface area contributed by atoms with Gasteiger partial charge in [-0.2, -0.15) is 21.6 Å². The molecule has 1 heterocycles. The lowest BCUT2D eigenvalue weighted by atomic mass is 10.3. The second-order valence-corrected chi connectivity index (χ2v) is 6.66. The Morgan fingerprint density at radius 3 is 2.05 bits per heavy atom. The molecule has 1 aromatic rings. The molecule has 0 saturated carbocycles. The molecule has 1 aromatic heterocycles. The Morgan fingerprint density at radius 2 is 1.81 bits per heavy atom. The second-order valence-electron chi connectivity index (χ2n) is 3.72. The summed E-state index contributed by atoms with van der Waals surface area (Å²) in [4.78, 5) is 2.73. The molecule has 21 heavy (non-hydrogen) atoms. The van der Waals surface area contributed by atoms with Crippen molar-refractivity contribution in [1.29, 1.82) is 0 Å². The minimum Gasteiger partial charge on any atom is -0.741 e. The molecule has 0 saturated heterocycles. The first kappa shape index (κ1) is 19.8. The summed E-state index contributed by atoms with van der Waals surface area (Å²) in [6, 6.07) is 0. The van der Waals surface area contributed by atoms with Crippen LogP contribution in [0.1, 0.15) is 25.1 Å². The molecule has 0 aliphatic heterocycles. The number of nitrogens with one attached hydrogen (secondary N) is 1. The lowest BCUT2D eigenvalue weighted by Gasteiger charge is -2.08. The Kier molecular flexibility index (Phi) is 6.79. The van der Waals surface area contributed by atoms with Gasteiger partial charge in [0, 0.05) is 6.42 Å². The zero-order valence-corrected chi connectivity index (χ0v) is 12.2. The molecular weight excluding hydrogens is 341 g/mol. The van der Waals surface area contributed by atoms with Crippen LogP contribution in [0.25, 0.3) is 0 Å². The van der Waals surface area contributed by atoms with Crippen molar-refractivity contribution < 1.29 is 43.7 Å². The van der Waals surface area contributed by atoms with Gasteiger partial charge in [0.2, 0.25) is 11.7 Å². The molecule has 124 valence electrons. The van der Waals surface area contributed by atoms with Crippen LogP contribution in [-0.2, 0) is 20.2 Å². The van der Waals surface area contributed by atoms with E-state index in [0.717, 1.165) is 0 Å². The average Bonchev–Trinajstić information content (AvgIpc) is 2.75. The molecule has 0 bridgehead atoms. The largest absolute Gasteiger partial charge is 0.741 e. The third-order valence-electron chi connectivity index (χ3n) is 2.06. The summed E-state index contributed by atoms with van der Waals surface area (Å²) >= 11 is 0. The fourth-order valence-electron chi connectivity index (χ4n) is 1.18. The van der Waals surface area contributed by atoms with Crippen LogP contribution in [0, 0.1) is 0 Å². The van der Waals surface area contributed by atoms with E-state index in [2.05, 4.69) is 4.98 Å². The molecule has 0 fully saturated rings. The molecule has 2 N–H and O–H groups in total. The summed E-state index contributed by atoms with van der Waals surface area (Å²) in [5, 5.41) is -0.872. The summed E-state index contributed by atoms with van der Waals surface area (Å²) in [7, 11) is -10.1. The molecule has 0 aliphatic carbocycles. The van der Waals surface area contributed by atoms with Gasteiger partial charge in [0.15, 0.2) is 10.1 Å². The van der Waals surface area contributed by atoms with Crippen LogP contribution in [0.2, 0.25) is 0 Å². The molecule has 0 amide bonds. The molecule has 0 aromatic carbocycles. The van der Waals surface area contributed by atoms with Crippen molar-refractivity contribution in [2.24, 2.45) is 0 Å². The summed E-state index contributed by atoms with van der Waals surface area (Å²) in [5.41, 5.74) is -5.65. The number of halogens is 3. The number of aromatic amines is 1. The first-order valence-electron chi connectivity index (χ1n) is 5.32. The number of hydrogen-bond acceptors (Lipinski definition) is 5. The Labute approximate surface area is 119 Å². The third kappa shape index (κ3) is 6.88. The Hall–Kier alpha value is -1.18. The van der Waals surface area contributed by atoms with Gasteiger partial charge in [0.25, 0.3) is 0 Å². The number of nitrogens with zero attached hydrogens (tertiary/aromatic N) is 1. The molecule has 13 heteroatoms. The van der Waals surface area contributed by atoms with E-state index < -0.39 is 31.1 Å². The zero-order chi connectivity index (χ0) is 16.9. The smallest absolute Gasteiger partial charge is 0.485 e. The van der Waals surface area contributed by atoms with Gasteiger partial charge in [-0.15, -0.1) is 0 Å². The van der Waals surface area contributed by atoms with Crippen LogP contribution >= 0.6 is 0 Å². The third-order valence-corrected chi connectivity index (χ3v) is 3.80. The maximum absolute atomic E-state index is 10.9. The van der Waals surface area contributed by atoms with Crippen molar-refractivity contribution in [1.82, 2.24) is 4.98 Å². The summed E-state index contributed by atoms with van der Waals surface area (Å²) in [6.45, 7) is 1.87. The van der Waals surface area contributed by atoms with Crippen LogP contribution in [0.3, 0.4) is 0 Å². The van der Waals surface area contributed by atoms with E-state index in [-0.39, 0.29) is 0 Å². The van der Waals surface area contributed by atoms with E-state index in [4.69, 9.17) is 17.5 Å². The first-order chi connectivity index (χ1) is 9.30. The Bertz CT molecular complexity index is 623. The topological polar surface area (TPSA) is 131 Å². The molecule has 0 spiro atoms. The number of H-pyrrole nitrogens is 1. The van der Waals surface area contributed by atoms with Crippen LogP contribution in [0.5, 0.6) is 0 Å². The van der Waals surface area contributed by atoms with E-state index in [0.29, 0.717) is 12.8 Å². The highest BCUT2D eigenvalue weighted by Crippen LogP contribution is 2.20. The fraction of sp³-hybridized carbons (Fsp3) is 0.625. The monoisotopic (exact) mass is 354 g/mol. The molecule has 1 rings (SSSR count). The number of imidazole rings is 1. The predicted octanol–water partition coefficient (Wildman–Crippen LogP) is 0.540. The van der Waals surface area contributed by atoms with Crippen molar-refractivity contribution in [3.63, 3.8) is 0 Å². The van der Waals surface area contributed by atoms with E-state index in [1.807, 2.05) is 6.92 Å². The summed E-state index contributed by atoms with van der Waals surface area (Å²) < 4.78 is 91.1. The van der Waals surface area contributed by atoms with Crippen LogP contribution in [0.15, 0.2) is 18.7 Å². The average molecular weight is 354 g/mol. The van der Waals surface area contributed by atoms with Crippen molar-refractivity contribution >= 4 is 20.2 Å². The lowest BCUT2D eigenvalue weighted by Crippen LogP contribution is -2.41. The summed E-state index contributed by atoms with van der Waals surface area (Å²) in [5.74, 6) is 0. The standard InChI is InChI=1S/C7H12N2O3S.CHF3O3S/c1-2-3-7(13(10,11)12)9-5-4-8-6-9;2-1(3,4)8(5,6)7/h4-7H,2-3H2,1H3,(H,10,11,12);(H,5,6,7). The van der Waals surface area contributed by atoms with Crippen LogP contribution < -0.4 is 4.57 Å². The molecular formula is C8H13F3N2O6S2. The fourth-order valence-corrected chi connectivity index (χ4v) is 2.15. The molecule has 1 atom stereocenters. The van der Waals surface area contributed by atoms with E-state index in [1.165, 1.54) is 10.9 Å². The maximum atomic E-state index is 10.9. The number of hydrogen-bond donors (Lipinski definition) is 2. The maximum Gasteiger partial charge on any atom is 0.485 e. The number of rotatable bonds is 4. The van der Waals surface area contributed by atoms with Gasteiger partial charge in [-0.1, -0.05) is 13.3 Å². The Morgan fingerprint density at radius 1 is 1.33 bits per heavy atom. The number of aromatic nitrogens is 2. The molecule has 0 radical (unpaired) electrons. The lowest BCUT2D eigenvalue weighted by molar-refractivity contribution is -0.701. The van der Waals surface area contributed by atoms with Gasteiger partial charge in [-0.25, -0.2) is 13.0 Å². The highest BCUT2D eigenvalue weighted by Gasteiger charge is 2.36. The predicted molar refractivity (Wildman–Crippen MR) is 62.2 cm³/mol. The Balaban J connectivity index is 0.000000433. The van der Waals surface area contributed by atoms with Crippen molar-refractivity contribution in [2.75, 3.05) is 0 Å².